The van der Waals surface area contributed by atoms with Gasteiger partial charge in [0.15, 0.2) is 9.84 Å². The van der Waals surface area contributed by atoms with Gasteiger partial charge in [0.1, 0.15) is 5.82 Å². The Kier molecular flexibility index (Phi) is 4.60. The van der Waals surface area contributed by atoms with Crippen LogP contribution in [0, 0.1) is 17.7 Å². The lowest BCUT2D eigenvalue weighted by Gasteiger charge is -2.26. The van der Waals surface area contributed by atoms with Crippen LogP contribution in [0.15, 0.2) is 18.2 Å². The third kappa shape index (κ3) is 3.80. The first-order valence-corrected chi connectivity index (χ1v) is 8.23. The van der Waals surface area contributed by atoms with Crippen molar-refractivity contribution in [1.29, 1.82) is 0 Å². The lowest BCUT2D eigenvalue weighted by molar-refractivity contribution is 0.0765. The maximum Gasteiger partial charge on any atom is 0.256 e. The van der Waals surface area contributed by atoms with Gasteiger partial charge in [0.05, 0.1) is 23.6 Å². The predicted molar refractivity (Wildman–Crippen MR) is 76.9 cm³/mol. The maximum atomic E-state index is 13.8. The van der Waals surface area contributed by atoms with Gasteiger partial charge in [-0.15, -0.1) is 0 Å². The lowest BCUT2D eigenvalue weighted by Crippen LogP contribution is -2.44. The molecule has 7 heteroatoms. The fourth-order valence-electron chi connectivity index (χ4n) is 2.01. The Hall–Kier alpha value is -1.91. The zero-order chi connectivity index (χ0) is 15.5. The van der Waals surface area contributed by atoms with Crippen LogP contribution in [0.3, 0.4) is 0 Å². The molecule has 21 heavy (non-hydrogen) atoms. The molecule has 0 radical (unpaired) electrons. The zero-order valence-electron chi connectivity index (χ0n) is 11.3. The van der Waals surface area contributed by atoms with Crippen molar-refractivity contribution in [2.24, 2.45) is 5.73 Å². The molecule has 2 N–H and O–H groups in total. The Bertz CT molecular complexity index is 705. The Morgan fingerprint density at radius 2 is 2.00 bits per heavy atom. The fourth-order valence-corrected chi connectivity index (χ4v) is 3.21. The molecule has 0 saturated carbocycles. The molecule has 0 spiro atoms. The number of hydrogen-bond acceptors (Lipinski definition) is 4. The number of halogens is 1. The summed E-state index contributed by atoms with van der Waals surface area (Å²) in [6.07, 6.45) is 0. The predicted octanol–water partition coefficient (Wildman–Crippen LogP) is 0.00650. The van der Waals surface area contributed by atoms with Crippen LogP contribution in [0.2, 0.25) is 0 Å². The molecule has 1 aliphatic rings. The molecule has 1 aromatic rings. The van der Waals surface area contributed by atoms with Gasteiger partial charge in [-0.1, -0.05) is 11.8 Å². The molecule has 0 atom stereocenters. The van der Waals surface area contributed by atoms with Crippen molar-refractivity contribution in [3.63, 3.8) is 0 Å². The minimum atomic E-state index is -3.09. The number of sulfone groups is 1. The summed E-state index contributed by atoms with van der Waals surface area (Å²) in [7, 11) is -3.09. The van der Waals surface area contributed by atoms with E-state index in [9.17, 15) is 17.6 Å². The quantitative estimate of drug-likeness (QED) is 0.741. The highest BCUT2D eigenvalue weighted by atomic mass is 32.2. The normalized spacial score (nSPS) is 17.0. The van der Waals surface area contributed by atoms with Crippen LogP contribution in [0.25, 0.3) is 0 Å². The summed E-state index contributed by atoms with van der Waals surface area (Å²) in [5, 5.41) is 0. The average molecular weight is 310 g/mol. The van der Waals surface area contributed by atoms with Crippen molar-refractivity contribution < 1.29 is 17.6 Å². The first kappa shape index (κ1) is 15.5. The highest BCUT2D eigenvalue weighted by Gasteiger charge is 2.27. The summed E-state index contributed by atoms with van der Waals surface area (Å²) in [4.78, 5) is 13.6. The van der Waals surface area contributed by atoms with Crippen LogP contribution >= 0.6 is 0 Å². The molecule has 0 aromatic heterocycles. The largest absolute Gasteiger partial charge is 0.337 e. The number of carbonyl (C=O) groups is 1. The van der Waals surface area contributed by atoms with Crippen molar-refractivity contribution in [1.82, 2.24) is 4.90 Å². The standard InChI is InChI=1S/C14H15FN2O3S/c15-13-4-3-11(2-1-5-16)10-12(13)14(18)17-6-8-21(19,20)9-7-17/h3-4,10H,5-9,16H2. The molecule has 1 saturated heterocycles. The zero-order valence-corrected chi connectivity index (χ0v) is 12.1. The van der Waals surface area contributed by atoms with Crippen molar-refractivity contribution >= 4 is 15.7 Å². The van der Waals surface area contributed by atoms with Gasteiger partial charge in [-0.3, -0.25) is 4.79 Å². The number of rotatable bonds is 1. The average Bonchev–Trinajstić information content (AvgIpc) is 2.46. The molecule has 5 nitrogen and oxygen atoms in total. The van der Waals surface area contributed by atoms with Crippen LogP contribution in [-0.4, -0.2) is 50.4 Å². The van der Waals surface area contributed by atoms with Crippen molar-refractivity contribution in [3.8, 4) is 11.8 Å². The van der Waals surface area contributed by atoms with Crippen LogP contribution in [-0.2, 0) is 9.84 Å². The molecule has 2 rings (SSSR count). The number of carbonyl (C=O) groups excluding carboxylic acids is 1. The molecular weight excluding hydrogens is 295 g/mol. The van der Waals surface area contributed by atoms with E-state index < -0.39 is 21.6 Å². The second kappa shape index (κ2) is 6.24. The molecule has 1 amide bonds. The topological polar surface area (TPSA) is 80.5 Å². The highest BCUT2D eigenvalue weighted by Crippen LogP contribution is 2.15. The van der Waals surface area contributed by atoms with E-state index in [2.05, 4.69) is 11.8 Å². The summed E-state index contributed by atoms with van der Waals surface area (Å²) in [5.74, 6) is 4.02. The van der Waals surface area contributed by atoms with Gasteiger partial charge in [0.25, 0.3) is 5.91 Å². The molecule has 112 valence electrons. The number of nitrogens with zero attached hydrogens (tertiary/aromatic N) is 1. The molecular formula is C14H15FN2O3S. The van der Waals surface area contributed by atoms with Gasteiger partial charge in [-0.2, -0.15) is 0 Å². The van der Waals surface area contributed by atoms with Gasteiger partial charge >= 0.3 is 0 Å². The van der Waals surface area contributed by atoms with E-state index in [1.165, 1.54) is 23.1 Å². The van der Waals surface area contributed by atoms with E-state index in [-0.39, 0.29) is 36.7 Å². The highest BCUT2D eigenvalue weighted by molar-refractivity contribution is 7.91. The van der Waals surface area contributed by atoms with Crippen LogP contribution in [0.4, 0.5) is 4.39 Å². The van der Waals surface area contributed by atoms with E-state index in [1.54, 1.807) is 0 Å². The summed E-state index contributed by atoms with van der Waals surface area (Å²) < 4.78 is 36.5. The van der Waals surface area contributed by atoms with E-state index in [4.69, 9.17) is 5.73 Å². The molecule has 1 heterocycles. The van der Waals surface area contributed by atoms with Crippen molar-refractivity contribution in [2.75, 3.05) is 31.1 Å². The van der Waals surface area contributed by atoms with E-state index in [0.717, 1.165) is 0 Å². The van der Waals surface area contributed by atoms with Gasteiger partial charge < -0.3 is 10.6 Å². The molecule has 0 aliphatic carbocycles. The first-order valence-electron chi connectivity index (χ1n) is 6.41. The third-order valence-corrected chi connectivity index (χ3v) is 4.77. The number of benzene rings is 1. The SMILES string of the molecule is NCC#Cc1ccc(F)c(C(=O)N2CCS(=O)(=O)CC2)c1. The van der Waals surface area contributed by atoms with Gasteiger partial charge in [0, 0.05) is 18.7 Å². The minimum absolute atomic E-state index is 0.0827. The third-order valence-electron chi connectivity index (χ3n) is 3.16. The van der Waals surface area contributed by atoms with Crippen LogP contribution in [0.5, 0.6) is 0 Å². The molecule has 0 unspecified atom stereocenters. The van der Waals surface area contributed by atoms with Crippen LogP contribution in [0.1, 0.15) is 15.9 Å². The van der Waals surface area contributed by atoms with Gasteiger partial charge in [-0.25, -0.2) is 12.8 Å². The molecule has 1 aliphatic heterocycles. The number of amides is 1. The molecule has 1 aromatic carbocycles. The number of hydrogen-bond donors (Lipinski definition) is 1. The van der Waals surface area contributed by atoms with Gasteiger partial charge in [0.2, 0.25) is 0 Å². The van der Waals surface area contributed by atoms with E-state index >= 15 is 0 Å². The Labute approximate surface area is 122 Å². The van der Waals surface area contributed by atoms with E-state index in [0.29, 0.717) is 5.56 Å². The van der Waals surface area contributed by atoms with Gasteiger partial charge in [-0.05, 0) is 18.2 Å². The molecule has 0 bridgehead atoms. The summed E-state index contributed by atoms with van der Waals surface area (Å²) in [6, 6.07) is 4.01. The van der Waals surface area contributed by atoms with Crippen LogP contribution < -0.4 is 5.73 Å². The van der Waals surface area contributed by atoms with Crippen molar-refractivity contribution in [2.45, 2.75) is 0 Å². The smallest absolute Gasteiger partial charge is 0.256 e. The lowest BCUT2D eigenvalue weighted by atomic mass is 10.1. The Balaban J connectivity index is 2.23. The summed E-state index contributed by atoms with van der Waals surface area (Å²) in [6.45, 7) is 0.337. The Morgan fingerprint density at radius 1 is 1.33 bits per heavy atom. The molecule has 1 fully saturated rings. The second-order valence-electron chi connectivity index (χ2n) is 4.64. The second-order valence-corrected chi connectivity index (χ2v) is 6.95. The minimum Gasteiger partial charge on any atom is -0.337 e. The first-order chi connectivity index (χ1) is 9.93. The maximum absolute atomic E-state index is 13.8. The summed E-state index contributed by atoms with van der Waals surface area (Å²) in [5.41, 5.74) is 5.66. The summed E-state index contributed by atoms with van der Waals surface area (Å²) >= 11 is 0. The number of nitrogens with two attached hydrogens (primary N) is 1. The van der Waals surface area contributed by atoms with Crippen molar-refractivity contribution in [3.05, 3.63) is 35.1 Å². The Morgan fingerprint density at radius 3 is 2.62 bits per heavy atom. The van der Waals surface area contributed by atoms with E-state index in [1.807, 2.05) is 0 Å². The fraction of sp³-hybridized carbons (Fsp3) is 0.357. The monoisotopic (exact) mass is 310 g/mol.